The number of ether oxygens (including phenoxy) is 1. The summed E-state index contributed by atoms with van der Waals surface area (Å²) in [6.07, 6.45) is 1.53. The van der Waals surface area contributed by atoms with E-state index in [0.29, 0.717) is 16.3 Å². The topological polar surface area (TPSA) is 73.2 Å². The summed E-state index contributed by atoms with van der Waals surface area (Å²) in [7, 11) is 3.32. The van der Waals surface area contributed by atoms with E-state index in [1.54, 1.807) is 29.8 Å². The number of thiazole rings is 1. The Morgan fingerprint density at radius 2 is 2.17 bits per heavy atom. The quantitative estimate of drug-likeness (QED) is 0.801. The van der Waals surface area contributed by atoms with E-state index in [4.69, 9.17) is 4.74 Å². The van der Waals surface area contributed by atoms with E-state index in [1.165, 1.54) is 24.6 Å². The predicted octanol–water partition coefficient (Wildman–Crippen LogP) is 2.56. The second kappa shape index (κ2) is 5.85. The van der Waals surface area contributed by atoms with Gasteiger partial charge < -0.3 is 9.30 Å². The average Bonchev–Trinajstić information content (AvgIpc) is 2.95. The monoisotopic (exact) mass is 329 g/mol. The minimum atomic E-state index is -0.468. The minimum absolute atomic E-state index is 0.0705. The van der Waals surface area contributed by atoms with Gasteiger partial charge in [-0.25, -0.2) is 4.98 Å². The average molecular weight is 329 g/mol. The Labute approximate surface area is 136 Å². The molecule has 1 amide bonds. The number of rotatable bonds is 3. The molecule has 0 saturated heterocycles. The molecule has 0 aliphatic carbocycles. The number of nitrogens with zero attached hydrogens (tertiary/aromatic N) is 2. The fourth-order valence-corrected chi connectivity index (χ4v) is 3.02. The van der Waals surface area contributed by atoms with E-state index in [-0.39, 0.29) is 11.0 Å². The molecule has 0 aliphatic heterocycles. The molecule has 2 heterocycles. The lowest BCUT2D eigenvalue weighted by Gasteiger charge is -2.10. The fraction of sp³-hybridized carbons (Fsp3) is 0.188. The normalized spacial score (nSPS) is 10.7. The zero-order chi connectivity index (χ0) is 16.6. The summed E-state index contributed by atoms with van der Waals surface area (Å²) >= 11 is 1.32. The first-order valence-electron chi connectivity index (χ1n) is 6.90. The number of amides is 1. The number of pyridine rings is 1. The van der Waals surface area contributed by atoms with E-state index in [1.807, 2.05) is 12.3 Å². The molecule has 0 bridgehead atoms. The third kappa shape index (κ3) is 2.83. The van der Waals surface area contributed by atoms with Gasteiger partial charge in [-0.15, -0.1) is 11.3 Å². The van der Waals surface area contributed by atoms with Gasteiger partial charge in [0.05, 0.1) is 23.7 Å². The number of carbonyl (C=O) groups excluding carboxylic acids is 1. The molecule has 6 nitrogen and oxygen atoms in total. The van der Waals surface area contributed by atoms with Gasteiger partial charge >= 0.3 is 0 Å². The lowest BCUT2D eigenvalue weighted by molar-refractivity contribution is 0.102. The Balaban J connectivity index is 2.08. The number of carbonyl (C=O) groups is 1. The van der Waals surface area contributed by atoms with Crippen molar-refractivity contribution < 1.29 is 9.53 Å². The molecule has 3 rings (SSSR count). The standard InChI is InChI=1S/C16H15N3O3S/c1-9-8-23-16(17-9)18-15(21)12-7-19(2)13-5-4-10(22-3)6-11(13)14(12)20/h4-8H,1-3H3,(H,17,18,21). The summed E-state index contributed by atoms with van der Waals surface area (Å²) < 4.78 is 6.91. The van der Waals surface area contributed by atoms with Crippen molar-refractivity contribution in [1.29, 1.82) is 0 Å². The number of methoxy groups -OCH3 is 1. The molecule has 0 saturated carbocycles. The molecule has 118 valence electrons. The molecule has 23 heavy (non-hydrogen) atoms. The van der Waals surface area contributed by atoms with Crippen LogP contribution >= 0.6 is 11.3 Å². The second-order valence-corrected chi connectivity index (χ2v) is 5.97. The smallest absolute Gasteiger partial charge is 0.262 e. The summed E-state index contributed by atoms with van der Waals surface area (Å²) in [4.78, 5) is 29.2. The second-order valence-electron chi connectivity index (χ2n) is 5.11. The molecule has 0 atom stereocenters. The van der Waals surface area contributed by atoms with E-state index >= 15 is 0 Å². The van der Waals surface area contributed by atoms with Crippen LogP contribution in [0, 0.1) is 6.92 Å². The molecule has 2 aromatic heterocycles. The van der Waals surface area contributed by atoms with E-state index in [9.17, 15) is 9.59 Å². The van der Waals surface area contributed by atoms with Gasteiger partial charge in [-0.1, -0.05) is 0 Å². The Bertz CT molecular complexity index is 959. The molecule has 0 unspecified atom stereocenters. The molecular formula is C16H15N3O3S. The highest BCUT2D eigenvalue weighted by Crippen LogP contribution is 2.19. The number of benzene rings is 1. The van der Waals surface area contributed by atoms with Crippen LogP contribution in [0.2, 0.25) is 0 Å². The number of aromatic nitrogens is 2. The first-order chi connectivity index (χ1) is 11.0. The largest absolute Gasteiger partial charge is 0.497 e. The summed E-state index contributed by atoms with van der Waals surface area (Å²) in [5.74, 6) is 0.104. The lowest BCUT2D eigenvalue weighted by Crippen LogP contribution is -2.23. The zero-order valence-electron chi connectivity index (χ0n) is 12.9. The maximum atomic E-state index is 12.6. The van der Waals surface area contributed by atoms with Crippen LogP contribution in [0.3, 0.4) is 0 Å². The summed E-state index contributed by atoms with van der Waals surface area (Å²) in [5.41, 5.74) is 1.29. The molecule has 0 spiro atoms. The van der Waals surface area contributed by atoms with Crippen molar-refractivity contribution in [1.82, 2.24) is 9.55 Å². The number of hydrogen-bond acceptors (Lipinski definition) is 5. The SMILES string of the molecule is COc1ccc2c(c1)c(=O)c(C(=O)Nc1nc(C)cs1)cn2C. The number of fused-ring (bicyclic) bond motifs is 1. The summed E-state index contributed by atoms with van der Waals surface area (Å²) in [5, 5.41) is 5.41. The fourth-order valence-electron chi connectivity index (χ4n) is 2.34. The number of anilines is 1. The molecule has 3 aromatic rings. The van der Waals surface area contributed by atoms with Crippen molar-refractivity contribution >= 4 is 33.3 Å². The van der Waals surface area contributed by atoms with Crippen LogP contribution in [0.15, 0.2) is 34.6 Å². The Morgan fingerprint density at radius 3 is 2.83 bits per heavy atom. The zero-order valence-corrected chi connectivity index (χ0v) is 13.7. The predicted molar refractivity (Wildman–Crippen MR) is 90.5 cm³/mol. The van der Waals surface area contributed by atoms with E-state index in [0.717, 1.165) is 11.2 Å². The first kappa shape index (κ1) is 15.2. The van der Waals surface area contributed by atoms with Gasteiger partial charge in [0.15, 0.2) is 5.13 Å². The van der Waals surface area contributed by atoms with Crippen molar-refractivity contribution in [2.75, 3.05) is 12.4 Å². The Hall–Kier alpha value is -2.67. The summed E-state index contributed by atoms with van der Waals surface area (Å²) in [6, 6.07) is 5.21. The van der Waals surface area contributed by atoms with Crippen molar-refractivity contribution in [2.24, 2.45) is 7.05 Å². The minimum Gasteiger partial charge on any atom is -0.497 e. The number of aryl methyl sites for hydroxylation is 2. The Kier molecular flexibility index (Phi) is 3.87. The van der Waals surface area contributed by atoms with Gasteiger partial charge in [-0.2, -0.15) is 0 Å². The van der Waals surface area contributed by atoms with Crippen LogP contribution in [-0.2, 0) is 7.05 Å². The first-order valence-corrected chi connectivity index (χ1v) is 7.78. The number of nitrogens with one attached hydrogen (secondary N) is 1. The van der Waals surface area contributed by atoms with Gasteiger partial charge in [0, 0.05) is 18.6 Å². The van der Waals surface area contributed by atoms with Crippen LogP contribution < -0.4 is 15.5 Å². The third-order valence-electron chi connectivity index (χ3n) is 3.48. The van der Waals surface area contributed by atoms with Gasteiger partial charge in [0.25, 0.3) is 5.91 Å². The van der Waals surface area contributed by atoms with Crippen LogP contribution in [0.1, 0.15) is 16.1 Å². The number of hydrogen-bond donors (Lipinski definition) is 1. The third-order valence-corrected chi connectivity index (χ3v) is 4.36. The van der Waals surface area contributed by atoms with Crippen molar-refractivity contribution in [3.05, 3.63) is 51.3 Å². The molecule has 7 heteroatoms. The highest BCUT2D eigenvalue weighted by atomic mass is 32.1. The van der Waals surface area contributed by atoms with Crippen LogP contribution in [0.25, 0.3) is 10.9 Å². The van der Waals surface area contributed by atoms with Crippen LogP contribution in [0.4, 0.5) is 5.13 Å². The van der Waals surface area contributed by atoms with Crippen molar-refractivity contribution in [3.8, 4) is 5.75 Å². The van der Waals surface area contributed by atoms with Crippen molar-refractivity contribution in [2.45, 2.75) is 6.92 Å². The Morgan fingerprint density at radius 1 is 1.39 bits per heavy atom. The van der Waals surface area contributed by atoms with Crippen LogP contribution in [0.5, 0.6) is 5.75 Å². The van der Waals surface area contributed by atoms with Crippen molar-refractivity contribution in [3.63, 3.8) is 0 Å². The van der Waals surface area contributed by atoms with E-state index < -0.39 is 5.91 Å². The maximum absolute atomic E-state index is 12.6. The highest BCUT2D eigenvalue weighted by Gasteiger charge is 2.16. The van der Waals surface area contributed by atoms with Gasteiger partial charge in [-0.05, 0) is 25.1 Å². The molecule has 0 fully saturated rings. The van der Waals surface area contributed by atoms with Gasteiger partial charge in [0.1, 0.15) is 11.3 Å². The lowest BCUT2D eigenvalue weighted by atomic mass is 10.1. The van der Waals surface area contributed by atoms with Gasteiger partial charge in [0.2, 0.25) is 5.43 Å². The molecule has 0 aliphatic rings. The highest BCUT2D eigenvalue weighted by molar-refractivity contribution is 7.13. The molecule has 1 N–H and O–H groups in total. The molecule has 0 radical (unpaired) electrons. The molecular weight excluding hydrogens is 314 g/mol. The van der Waals surface area contributed by atoms with E-state index in [2.05, 4.69) is 10.3 Å². The summed E-state index contributed by atoms with van der Waals surface area (Å²) in [6.45, 7) is 1.84. The van der Waals surface area contributed by atoms with Gasteiger partial charge in [-0.3, -0.25) is 14.9 Å². The van der Waals surface area contributed by atoms with Crippen LogP contribution in [-0.4, -0.2) is 22.6 Å². The maximum Gasteiger partial charge on any atom is 0.262 e. The molecule has 1 aromatic carbocycles.